The molecule has 1 atom stereocenters. The Balaban J connectivity index is 1.78. The van der Waals surface area contributed by atoms with Gasteiger partial charge in [-0.3, -0.25) is 9.59 Å². The second-order valence-electron chi connectivity index (χ2n) is 9.35. The Kier molecular flexibility index (Phi) is 10.4. The zero-order valence-electron chi connectivity index (χ0n) is 21.9. The van der Waals surface area contributed by atoms with Crippen LogP contribution in [0.15, 0.2) is 34.7 Å². The highest BCUT2D eigenvalue weighted by Crippen LogP contribution is 2.35. The number of nitrogens with one attached hydrogen (secondary N) is 2. The van der Waals surface area contributed by atoms with Crippen molar-refractivity contribution in [1.29, 1.82) is 0 Å². The molecular formula is C25H28Cl3N5O6S. The molecule has 216 valence electrons. The number of halogens is 3. The van der Waals surface area contributed by atoms with Crippen molar-refractivity contribution in [1.82, 2.24) is 20.7 Å². The summed E-state index contributed by atoms with van der Waals surface area (Å²) in [6.45, 7) is 0.563. The average molecular weight is 633 g/mol. The lowest BCUT2D eigenvalue weighted by atomic mass is 9.95. The van der Waals surface area contributed by atoms with E-state index >= 15 is 0 Å². The van der Waals surface area contributed by atoms with Crippen LogP contribution in [0.25, 0.3) is 0 Å². The summed E-state index contributed by atoms with van der Waals surface area (Å²) in [5, 5.41) is 14.2. The SMILES string of the molecule is CN(C)NC(CC[C@H](NC(=O)c1c(Cl)cc2c(c1Cl)CCN(C(=O)c1ccc(Cl)cc1)C2)C(=O)O)=NS(C)(=O)=O. The van der Waals surface area contributed by atoms with Crippen molar-refractivity contribution in [2.45, 2.75) is 31.8 Å². The largest absolute Gasteiger partial charge is 0.480 e. The Morgan fingerprint density at radius 3 is 2.38 bits per heavy atom. The minimum Gasteiger partial charge on any atom is -0.480 e. The molecule has 2 aromatic rings. The zero-order chi connectivity index (χ0) is 29.8. The predicted molar refractivity (Wildman–Crippen MR) is 154 cm³/mol. The lowest BCUT2D eigenvalue weighted by Crippen LogP contribution is -2.43. The third kappa shape index (κ3) is 8.31. The number of amides is 2. The molecule has 0 aromatic heterocycles. The molecule has 1 heterocycles. The van der Waals surface area contributed by atoms with Crippen LogP contribution in [0.4, 0.5) is 0 Å². The van der Waals surface area contributed by atoms with Crippen molar-refractivity contribution in [3.63, 3.8) is 0 Å². The van der Waals surface area contributed by atoms with E-state index in [4.69, 9.17) is 34.8 Å². The number of aliphatic carboxylic acids is 1. The van der Waals surface area contributed by atoms with Gasteiger partial charge in [0.05, 0.1) is 21.9 Å². The zero-order valence-corrected chi connectivity index (χ0v) is 25.0. The first-order valence-electron chi connectivity index (χ1n) is 12.0. The molecule has 3 N–H and O–H groups in total. The fourth-order valence-electron chi connectivity index (χ4n) is 4.16. The van der Waals surface area contributed by atoms with E-state index in [-0.39, 0.29) is 46.7 Å². The van der Waals surface area contributed by atoms with E-state index in [1.807, 2.05) is 0 Å². The number of hydrazine groups is 1. The van der Waals surface area contributed by atoms with E-state index in [9.17, 15) is 27.9 Å². The van der Waals surface area contributed by atoms with E-state index < -0.39 is 27.9 Å². The number of carboxylic acids is 1. The number of hydrogen-bond acceptors (Lipinski definition) is 6. The number of carbonyl (C=O) groups is 3. The summed E-state index contributed by atoms with van der Waals surface area (Å²) in [5.41, 5.74) is 4.42. The van der Waals surface area contributed by atoms with Crippen molar-refractivity contribution in [3.8, 4) is 0 Å². The normalized spacial score (nSPS) is 14.5. The quantitative estimate of drug-likeness (QED) is 0.217. The number of nitrogens with zero attached hydrogens (tertiary/aromatic N) is 3. The maximum absolute atomic E-state index is 13.2. The van der Waals surface area contributed by atoms with E-state index in [0.717, 1.165) is 6.26 Å². The van der Waals surface area contributed by atoms with Crippen molar-refractivity contribution in [2.75, 3.05) is 26.9 Å². The van der Waals surface area contributed by atoms with Gasteiger partial charge in [0, 0.05) is 44.2 Å². The standard InChI is InChI=1S/C25H28Cl3N5O6S/c1-32(2)30-20(31-40(3,38)39)9-8-19(25(36)37)29-23(34)21-18(27)12-15-13-33(11-10-17(15)22(21)28)24(35)14-4-6-16(26)7-5-14/h4-7,12,19H,8-11,13H2,1-3H3,(H,29,34)(H,30,31)(H,36,37)/t19-/m0/s1. The molecule has 1 aliphatic rings. The highest BCUT2D eigenvalue weighted by Gasteiger charge is 2.29. The Hall–Kier alpha value is -2.90. The van der Waals surface area contributed by atoms with Gasteiger partial charge in [-0.15, -0.1) is 4.40 Å². The number of benzene rings is 2. The monoisotopic (exact) mass is 631 g/mol. The molecule has 3 rings (SSSR count). The van der Waals surface area contributed by atoms with Crippen LogP contribution in [-0.2, 0) is 27.8 Å². The molecule has 40 heavy (non-hydrogen) atoms. The summed E-state index contributed by atoms with van der Waals surface area (Å²) in [6, 6.07) is 6.70. The first kappa shape index (κ1) is 31.6. The Labute approximate surface area is 247 Å². The highest BCUT2D eigenvalue weighted by molar-refractivity contribution is 7.89. The van der Waals surface area contributed by atoms with Gasteiger partial charge in [-0.1, -0.05) is 34.8 Å². The fourth-order valence-corrected chi connectivity index (χ4v) is 5.58. The van der Waals surface area contributed by atoms with Crippen molar-refractivity contribution >= 4 is 68.4 Å². The summed E-state index contributed by atoms with van der Waals surface area (Å²) in [5.74, 6) is -2.32. The van der Waals surface area contributed by atoms with E-state index in [2.05, 4.69) is 15.1 Å². The molecule has 2 aromatic carbocycles. The number of amidine groups is 1. The van der Waals surface area contributed by atoms with Crippen LogP contribution in [0.5, 0.6) is 0 Å². The molecule has 0 unspecified atom stereocenters. The van der Waals surface area contributed by atoms with Gasteiger partial charge in [0.2, 0.25) is 0 Å². The van der Waals surface area contributed by atoms with Crippen molar-refractivity contribution < 1.29 is 27.9 Å². The van der Waals surface area contributed by atoms with Crippen LogP contribution in [0.3, 0.4) is 0 Å². The fraction of sp³-hybridized carbons (Fsp3) is 0.360. The minimum absolute atomic E-state index is 0.000201. The maximum atomic E-state index is 13.2. The van der Waals surface area contributed by atoms with Gasteiger partial charge in [0.15, 0.2) is 0 Å². The predicted octanol–water partition coefficient (Wildman–Crippen LogP) is 3.23. The van der Waals surface area contributed by atoms with Gasteiger partial charge >= 0.3 is 5.97 Å². The van der Waals surface area contributed by atoms with Gasteiger partial charge in [0.1, 0.15) is 11.9 Å². The molecule has 0 fully saturated rings. The first-order valence-corrected chi connectivity index (χ1v) is 15.0. The third-order valence-electron chi connectivity index (χ3n) is 5.91. The molecule has 0 radical (unpaired) electrons. The molecule has 2 amide bonds. The van der Waals surface area contributed by atoms with Gasteiger partial charge in [-0.25, -0.2) is 18.2 Å². The van der Waals surface area contributed by atoms with E-state index in [1.54, 1.807) is 49.3 Å². The average Bonchev–Trinajstić information content (AvgIpc) is 2.84. The van der Waals surface area contributed by atoms with Crippen LogP contribution in [0, 0.1) is 0 Å². The number of carbonyl (C=O) groups excluding carboxylic acids is 2. The molecule has 0 saturated heterocycles. The van der Waals surface area contributed by atoms with E-state index in [0.29, 0.717) is 34.7 Å². The Morgan fingerprint density at radius 1 is 1.15 bits per heavy atom. The molecule has 0 saturated carbocycles. The molecule has 15 heteroatoms. The molecule has 1 aliphatic heterocycles. The molecule has 11 nitrogen and oxygen atoms in total. The first-order chi connectivity index (χ1) is 18.7. The summed E-state index contributed by atoms with van der Waals surface area (Å²) >= 11 is 18.9. The van der Waals surface area contributed by atoms with Gasteiger partial charge in [0.25, 0.3) is 21.8 Å². The van der Waals surface area contributed by atoms with Gasteiger partial charge in [-0.05, 0) is 54.3 Å². The second-order valence-corrected chi connectivity index (χ2v) is 12.2. The minimum atomic E-state index is -3.75. The van der Waals surface area contributed by atoms with Crippen molar-refractivity contribution in [2.24, 2.45) is 4.40 Å². The number of hydrogen-bond donors (Lipinski definition) is 3. The van der Waals surface area contributed by atoms with Crippen LogP contribution in [-0.4, -0.2) is 80.0 Å². The number of rotatable bonds is 9. The smallest absolute Gasteiger partial charge is 0.326 e. The molecule has 0 aliphatic carbocycles. The highest BCUT2D eigenvalue weighted by atomic mass is 35.5. The lowest BCUT2D eigenvalue weighted by Gasteiger charge is -2.30. The van der Waals surface area contributed by atoms with Crippen molar-refractivity contribution in [3.05, 3.63) is 67.7 Å². The van der Waals surface area contributed by atoms with Gasteiger partial charge in [-0.2, -0.15) is 0 Å². The second kappa shape index (κ2) is 13.2. The van der Waals surface area contributed by atoms with Crippen LogP contribution >= 0.6 is 34.8 Å². The van der Waals surface area contributed by atoms with Crippen LogP contribution < -0.4 is 10.7 Å². The molecule has 0 spiro atoms. The molecular weight excluding hydrogens is 605 g/mol. The van der Waals surface area contributed by atoms with Crippen LogP contribution in [0.2, 0.25) is 15.1 Å². The number of fused-ring (bicyclic) bond motifs is 1. The summed E-state index contributed by atoms with van der Waals surface area (Å²) in [4.78, 5) is 39.6. The van der Waals surface area contributed by atoms with E-state index in [1.165, 1.54) is 5.01 Å². The summed E-state index contributed by atoms with van der Waals surface area (Å²) < 4.78 is 26.8. The number of carboxylic acid groups (broad SMARTS) is 1. The summed E-state index contributed by atoms with van der Waals surface area (Å²) in [7, 11) is -0.526. The third-order valence-corrected chi connectivity index (χ3v) is 7.43. The topological polar surface area (TPSA) is 148 Å². The van der Waals surface area contributed by atoms with Crippen LogP contribution in [0.1, 0.15) is 44.7 Å². The Morgan fingerprint density at radius 2 is 1.80 bits per heavy atom. The number of sulfonamides is 1. The summed E-state index contributed by atoms with van der Waals surface area (Å²) in [6.07, 6.45) is 1.01. The lowest BCUT2D eigenvalue weighted by molar-refractivity contribution is -0.139. The molecule has 0 bridgehead atoms. The maximum Gasteiger partial charge on any atom is 0.326 e. The van der Waals surface area contributed by atoms with Gasteiger partial charge < -0.3 is 20.7 Å². The Bertz CT molecular complexity index is 1450.